The minimum absolute atomic E-state index is 0.211. The molecule has 0 saturated carbocycles. The molecule has 0 fully saturated rings. The van der Waals surface area contributed by atoms with Gasteiger partial charge in [0.15, 0.2) is 0 Å². The van der Waals surface area contributed by atoms with E-state index in [1.165, 1.54) is 12.1 Å². The first-order valence-corrected chi connectivity index (χ1v) is 5.19. The van der Waals surface area contributed by atoms with Crippen molar-refractivity contribution in [3.8, 4) is 0 Å². The Morgan fingerprint density at radius 1 is 1.08 bits per heavy atom. The van der Waals surface area contributed by atoms with Crippen LogP contribution in [0.2, 0.25) is 0 Å². The second-order valence-electron chi connectivity index (χ2n) is 3.01. The van der Waals surface area contributed by atoms with Gasteiger partial charge >= 0.3 is 0 Å². The van der Waals surface area contributed by atoms with Gasteiger partial charge in [-0.2, -0.15) is 0 Å². The van der Waals surface area contributed by atoms with Crippen molar-refractivity contribution in [1.29, 1.82) is 0 Å². The molecule has 0 aromatic heterocycles. The van der Waals surface area contributed by atoms with Gasteiger partial charge in [0.1, 0.15) is 5.82 Å². The number of hydrogen-bond donors (Lipinski definition) is 0. The molecule has 1 aromatic carbocycles. The fourth-order valence-corrected chi connectivity index (χ4v) is 1.65. The summed E-state index contributed by atoms with van der Waals surface area (Å²) in [4.78, 5) is 0. The molecule has 0 atom stereocenters. The highest BCUT2D eigenvalue weighted by Crippen LogP contribution is 2.12. The van der Waals surface area contributed by atoms with Crippen molar-refractivity contribution in [3.63, 3.8) is 0 Å². The van der Waals surface area contributed by atoms with Crippen LogP contribution in [0.5, 0.6) is 0 Å². The Balaban J connectivity index is 2.58. The van der Waals surface area contributed by atoms with Crippen molar-refractivity contribution in [1.82, 2.24) is 0 Å². The second-order valence-corrected chi connectivity index (χ2v) is 3.62. The third kappa shape index (κ3) is 3.53. The third-order valence-electron chi connectivity index (χ3n) is 1.87. The second kappa shape index (κ2) is 5.46. The average Bonchev–Trinajstić information content (AvgIpc) is 2.17. The molecule has 0 unspecified atom stereocenters. The van der Waals surface area contributed by atoms with Crippen LogP contribution in [-0.2, 0) is 6.42 Å². The highest BCUT2D eigenvalue weighted by Gasteiger charge is 2.06. The number of hydrogen-bond acceptors (Lipinski definition) is 0. The Bertz CT molecular complexity index is 242. The molecule has 0 amide bonds. The molecule has 0 N–H and O–H groups in total. The number of rotatable bonds is 4. The normalized spacial score (nSPS) is 10.8. The zero-order valence-electron chi connectivity index (χ0n) is 7.14. The van der Waals surface area contributed by atoms with Crippen molar-refractivity contribution in [3.05, 3.63) is 35.6 Å². The molecule has 0 aliphatic heterocycles. The monoisotopic (exact) mass is 220 g/mol. The zero-order chi connectivity index (χ0) is 9.68. The van der Waals surface area contributed by atoms with Gasteiger partial charge in [0.2, 0.25) is 0 Å². The van der Waals surface area contributed by atoms with E-state index in [9.17, 15) is 4.39 Å². The van der Waals surface area contributed by atoms with Crippen molar-refractivity contribution in [2.24, 2.45) is 5.92 Å². The lowest BCUT2D eigenvalue weighted by atomic mass is 10.0. The standard InChI is InChI=1S/C10H11Cl2F/c11-6-9(7-12)5-8-1-3-10(13)4-2-8/h1-4,9H,5-7H2. The van der Waals surface area contributed by atoms with E-state index in [-0.39, 0.29) is 11.7 Å². The third-order valence-corrected chi connectivity index (χ3v) is 2.75. The molecule has 72 valence electrons. The summed E-state index contributed by atoms with van der Waals surface area (Å²) in [5, 5.41) is 0. The molecular formula is C10H11Cl2F. The molecule has 0 saturated heterocycles. The average molecular weight is 221 g/mol. The lowest BCUT2D eigenvalue weighted by Crippen LogP contribution is -2.07. The first kappa shape index (κ1) is 10.8. The van der Waals surface area contributed by atoms with Gasteiger partial charge in [0.25, 0.3) is 0 Å². The molecule has 0 aliphatic rings. The maximum absolute atomic E-state index is 12.5. The van der Waals surface area contributed by atoms with E-state index in [0.29, 0.717) is 11.8 Å². The predicted molar refractivity (Wildman–Crippen MR) is 55.0 cm³/mol. The summed E-state index contributed by atoms with van der Waals surface area (Å²) in [5.41, 5.74) is 1.08. The fraction of sp³-hybridized carbons (Fsp3) is 0.400. The van der Waals surface area contributed by atoms with E-state index >= 15 is 0 Å². The molecule has 0 radical (unpaired) electrons. The van der Waals surface area contributed by atoms with E-state index in [2.05, 4.69) is 0 Å². The minimum atomic E-state index is -0.211. The topological polar surface area (TPSA) is 0 Å². The van der Waals surface area contributed by atoms with Gasteiger partial charge in [-0.25, -0.2) is 4.39 Å². The Morgan fingerprint density at radius 3 is 2.08 bits per heavy atom. The SMILES string of the molecule is Fc1ccc(CC(CCl)CCl)cc1. The van der Waals surface area contributed by atoms with Crippen LogP contribution in [-0.4, -0.2) is 11.8 Å². The lowest BCUT2D eigenvalue weighted by molar-refractivity contribution is 0.622. The Morgan fingerprint density at radius 2 is 1.62 bits per heavy atom. The quantitative estimate of drug-likeness (QED) is 0.683. The summed E-state index contributed by atoms with van der Waals surface area (Å²) in [6.07, 6.45) is 0.813. The van der Waals surface area contributed by atoms with E-state index in [1.54, 1.807) is 12.1 Å². The van der Waals surface area contributed by atoms with Crippen LogP contribution in [0.25, 0.3) is 0 Å². The maximum Gasteiger partial charge on any atom is 0.123 e. The molecular weight excluding hydrogens is 210 g/mol. The molecule has 0 heterocycles. The first-order valence-electron chi connectivity index (χ1n) is 4.12. The van der Waals surface area contributed by atoms with Crippen LogP contribution >= 0.6 is 23.2 Å². The van der Waals surface area contributed by atoms with Crippen LogP contribution in [0.4, 0.5) is 4.39 Å². The number of benzene rings is 1. The van der Waals surface area contributed by atoms with E-state index < -0.39 is 0 Å². The molecule has 0 aliphatic carbocycles. The smallest absolute Gasteiger partial charge is 0.123 e. The number of alkyl halides is 2. The summed E-state index contributed by atoms with van der Waals surface area (Å²) in [6, 6.07) is 6.44. The summed E-state index contributed by atoms with van der Waals surface area (Å²) in [7, 11) is 0. The molecule has 3 heteroatoms. The summed E-state index contributed by atoms with van der Waals surface area (Å²) in [6.45, 7) is 0. The summed E-state index contributed by atoms with van der Waals surface area (Å²) < 4.78 is 12.5. The predicted octanol–water partition coefficient (Wildman–Crippen LogP) is 3.46. The lowest BCUT2D eigenvalue weighted by Gasteiger charge is -2.09. The highest BCUT2D eigenvalue weighted by atomic mass is 35.5. The van der Waals surface area contributed by atoms with Crippen molar-refractivity contribution in [2.45, 2.75) is 6.42 Å². The van der Waals surface area contributed by atoms with E-state index in [1.807, 2.05) is 0 Å². The van der Waals surface area contributed by atoms with E-state index in [0.717, 1.165) is 12.0 Å². The number of halogens is 3. The Hall–Kier alpha value is -0.270. The van der Waals surface area contributed by atoms with Crippen LogP contribution in [0.15, 0.2) is 24.3 Å². The molecule has 1 aromatic rings. The molecule has 0 spiro atoms. The molecule has 0 nitrogen and oxygen atoms in total. The summed E-state index contributed by atoms with van der Waals surface area (Å²) >= 11 is 11.4. The zero-order valence-corrected chi connectivity index (χ0v) is 8.65. The van der Waals surface area contributed by atoms with Crippen LogP contribution in [0.1, 0.15) is 5.56 Å². The highest BCUT2D eigenvalue weighted by molar-refractivity contribution is 6.20. The van der Waals surface area contributed by atoms with Gasteiger partial charge < -0.3 is 0 Å². The van der Waals surface area contributed by atoms with Crippen LogP contribution < -0.4 is 0 Å². The van der Waals surface area contributed by atoms with E-state index in [4.69, 9.17) is 23.2 Å². The van der Waals surface area contributed by atoms with Gasteiger partial charge in [0, 0.05) is 11.8 Å². The van der Waals surface area contributed by atoms with Gasteiger partial charge in [0.05, 0.1) is 0 Å². The first-order chi connectivity index (χ1) is 6.26. The molecule has 13 heavy (non-hydrogen) atoms. The van der Waals surface area contributed by atoms with Crippen LogP contribution in [0, 0.1) is 11.7 Å². The van der Waals surface area contributed by atoms with Gasteiger partial charge in [-0.15, -0.1) is 23.2 Å². The van der Waals surface area contributed by atoms with Gasteiger partial charge in [-0.1, -0.05) is 12.1 Å². The largest absolute Gasteiger partial charge is 0.207 e. The van der Waals surface area contributed by atoms with Gasteiger partial charge in [-0.05, 0) is 30.0 Å². The minimum Gasteiger partial charge on any atom is -0.207 e. The van der Waals surface area contributed by atoms with Crippen LogP contribution in [0.3, 0.4) is 0 Å². The van der Waals surface area contributed by atoms with Crippen molar-refractivity contribution < 1.29 is 4.39 Å². The van der Waals surface area contributed by atoms with Gasteiger partial charge in [-0.3, -0.25) is 0 Å². The Kier molecular flexibility index (Phi) is 4.54. The summed E-state index contributed by atoms with van der Waals surface area (Å²) in [5.74, 6) is 1.15. The van der Waals surface area contributed by atoms with Crippen molar-refractivity contribution >= 4 is 23.2 Å². The maximum atomic E-state index is 12.5. The molecule has 1 rings (SSSR count). The van der Waals surface area contributed by atoms with Crippen molar-refractivity contribution in [2.75, 3.05) is 11.8 Å². The molecule has 0 bridgehead atoms. The fourth-order valence-electron chi connectivity index (χ4n) is 1.10. The Labute approximate surface area is 87.7 Å².